The number of hydrogen-bond acceptors (Lipinski definition) is 4. The van der Waals surface area contributed by atoms with E-state index in [4.69, 9.17) is 15.3 Å². The third-order valence-corrected chi connectivity index (χ3v) is 2.98. The van der Waals surface area contributed by atoms with Crippen molar-refractivity contribution in [1.82, 2.24) is 5.32 Å². The maximum absolute atomic E-state index is 12.0. The average Bonchev–Trinajstić information content (AvgIpc) is 2.53. The summed E-state index contributed by atoms with van der Waals surface area (Å²) in [4.78, 5) is 12.0. The van der Waals surface area contributed by atoms with Gasteiger partial charge in [-0.05, 0) is 29.2 Å². The Balaban J connectivity index is 1.99. The minimum atomic E-state index is -1.50. The second kappa shape index (κ2) is 6.70. The van der Waals surface area contributed by atoms with Crippen LogP contribution < -0.4 is 10.8 Å². The summed E-state index contributed by atoms with van der Waals surface area (Å²) in [5.41, 5.74) is 2.09. The Morgan fingerprint density at radius 1 is 1.19 bits per heavy atom. The Hall–Kier alpha value is -2.62. The fraction of sp³-hybridized carbons (Fsp3) is 0.0667. The molecule has 0 atom stereocenters. The first kappa shape index (κ1) is 14.8. The molecule has 0 aromatic heterocycles. The van der Waals surface area contributed by atoms with Crippen LogP contribution in [0, 0.1) is 11.3 Å². The second-order valence-electron chi connectivity index (χ2n) is 4.49. The maximum atomic E-state index is 12.0. The van der Waals surface area contributed by atoms with Gasteiger partial charge in [-0.3, -0.25) is 4.79 Å². The number of carbonyl (C=O) groups excluding carboxylic acids is 1. The summed E-state index contributed by atoms with van der Waals surface area (Å²) in [6.07, 6.45) is 0. The molecule has 5 nitrogen and oxygen atoms in total. The van der Waals surface area contributed by atoms with Crippen LogP contribution in [0.5, 0.6) is 0 Å². The van der Waals surface area contributed by atoms with Gasteiger partial charge in [-0.2, -0.15) is 5.26 Å². The predicted octanol–water partition coefficient (Wildman–Crippen LogP) is 0.168. The standard InChI is InChI=1S/C15H13BN2O3/c17-9-12-2-1-3-13(8-12)15(19)18-10-11-4-6-14(7-5-11)16(20)21/h1-8,20-21H,10H2,(H,18,19). The van der Waals surface area contributed by atoms with Crippen molar-refractivity contribution in [3.8, 4) is 6.07 Å². The highest BCUT2D eigenvalue weighted by Crippen LogP contribution is 2.05. The molecule has 104 valence electrons. The molecule has 2 rings (SSSR count). The van der Waals surface area contributed by atoms with Gasteiger partial charge in [0.15, 0.2) is 0 Å². The lowest BCUT2D eigenvalue weighted by Gasteiger charge is -2.06. The number of benzene rings is 2. The summed E-state index contributed by atoms with van der Waals surface area (Å²) in [6, 6.07) is 15.0. The molecule has 0 aliphatic rings. The van der Waals surface area contributed by atoms with Gasteiger partial charge in [0.1, 0.15) is 0 Å². The molecule has 0 spiro atoms. The van der Waals surface area contributed by atoms with Crippen molar-refractivity contribution in [2.75, 3.05) is 0 Å². The van der Waals surface area contributed by atoms with E-state index >= 15 is 0 Å². The SMILES string of the molecule is N#Cc1cccc(C(=O)NCc2ccc(B(O)O)cc2)c1. The third-order valence-electron chi connectivity index (χ3n) is 2.98. The molecule has 6 heteroatoms. The van der Waals surface area contributed by atoms with Crippen molar-refractivity contribution in [2.24, 2.45) is 0 Å². The van der Waals surface area contributed by atoms with Crippen LogP contribution in [0.3, 0.4) is 0 Å². The number of amides is 1. The third kappa shape index (κ3) is 3.92. The molecule has 0 aliphatic heterocycles. The highest BCUT2D eigenvalue weighted by atomic mass is 16.4. The van der Waals surface area contributed by atoms with Crippen LogP contribution in [-0.2, 0) is 6.54 Å². The maximum Gasteiger partial charge on any atom is 0.488 e. The number of carbonyl (C=O) groups is 1. The zero-order valence-corrected chi connectivity index (χ0v) is 11.2. The van der Waals surface area contributed by atoms with Crippen LogP contribution in [0.25, 0.3) is 0 Å². The number of nitrogens with zero attached hydrogens (tertiary/aromatic N) is 1. The molecule has 21 heavy (non-hydrogen) atoms. The topological polar surface area (TPSA) is 93.4 Å². The van der Waals surface area contributed by atoms with Gasteiger partial charge in [-0.15, -0.1) is 0 Å². The van der Waals surface area contributed by atoms with E-state index in [0.29, 0.717) is 23.1 Å². The molecule has 0 aliphatic carbocycles. The summed E-state index contributed by atoms with van der Waals surface area (Å²) in [5, 5.41) is 29.5. The molecule has 2 aromatic rings. The van der Waals surface area contributed by atoms with Crippen molar-refractivity contribution in [1.29, 1.82) is 5.26 Å². The predicted molar refractivity (Wildman–Crippen MR) is 78.6 cm³/mol. The van der Waals surface area contributed by atoms with E-state index in [0.717, 1.165) is 5.56 Å². The Morgan fingerprint density at radius 3 is 2.52 bits per heavy atom. The Labute approximate surface area is 122 Å². The van der Waals surface area contributed by atoms with Gasteiger partial charge in [0.25, 0.3) is 5.91 Å². The van der Waals surface area contributed by atoms with Gasteiger partial charge < -0.3 is 15.4 Å². The van der Waals surface area contributed by atoms with E-state index in [1.165, 1.54) is 6.07 Å². The first-order chi connectivity index (χ1) is 10.1. The van der Waals surface area contributed by atoms with E-state index in [1.54, 1.807) is 42.5 Å². The Kier molecular flexibility index (Phi) is 4.72. The average molecular weight is 280 g/mol. The number of hydrogen-bond donors (Lipinski definition) is 3. The van der Waals surface area contributed by atoms with Crippen LogP contribution in [0.15, 0.2) is 48.5 Å². The van der Waals surface area contributed by atoms with Crippen LogP contribution in [0.1, 0.15) is 21.5 Å². The summed E-state index contributed by atoms with van der Waals surface area (Å²) >= 11 is 0. The van der Waals surface area contributed by atoms with E-state index in [1.807, 2.05) is 6.07 Å². The smallest absolute Gasteiger partial charge is 0.423 e. The second-order valence-corrected chi connectivity index (χ2v) is 4.49. The van der Waals surface area contributed by atoms with Crippen LogP contribution in [0.4, 0.5) is 0 Å². The first-order valence-corrected chi connectivity index (χ1v) is 6.33. The lowest BCUT2D eigenvalue weighted by Crippen LogP contribution is -2.29. The van der Waals surface area contributed by atoms with E-state index in [2.05, 4.69) is 5.32 Å². The zero-order chi connectivity index (χ0) is 15.2. The lowest BCUT2D eigenvalue weighted by atomic mass is 9.80. The van der Waals surface area contributed by atoms with Crippen LogP contribution in [0.2, 0.25) is 0 Å². The summed E-state index contributed by atoms with van der Waals surface area (Å²) in [5.74, 6) is -0.265. The molecule has 0 bridgehead atoms. The molecular weight excluding hydrogens is 267 g/mol. The number of rotatable bonds is 4. The molecular formula is C15H13BN2O3. The highest BCUT2D eigenvalue weighted by molar-refractivity contribution is 6.58. The van der Waals surface area contributed by atoms with Crippen molar-refractivity contribution in [3.05, 3.63) is 65.2 Å². The number of nitrogens with one attached hydrogen (secondary N) is 1. The van der Waals surface area contributed by atoms with E-state index in [9.17, 15) is 4.79 Å². The van der Waals surface area contributed by atoms with Crippen LogP contribution >= 0.6 is 0 Å². The fourth-order valence-electron chi connectivity index (χ4n) is 1.82. The monoisotopic (exact) mass is 280 g/mol. The largest absolute Gasteiger partial charge is 0.488 e. The van der Waals surface area contributed by atoms with Gasteiger partial charge in [-0.1, -0.05) is 30.3 Å². The highest BCUT2D eigenvalue weighted by Gasteiger charge is 2.10. The number of nitriles is 1. The summed E-state index contributed by atoms with van der Waals surface area (Å²) in [6.45, 7) is 0.317. The van der Waals surface area contributed by atoms with Crippen molar-refractivity contribution >= 4 is 18.5 Å². The van der Waals surface area contributed by atoms with Crippen LogP contribution in [-0.4, -0.2) is 23.1 Å². The summed E-state index contributed by atoms with van der Waals surface area (Å²) < 4.78 is 0. The fourth-order valence-corrected chi connectivity index (χ4v) is 1.82. The molecule has 3 N–H and O–H groups in total. The van der Waals surface area contributed by atoms with E-state index in [-0.39, 0.29) is 5.91 Å². The Morgan fingerprint density at radius 2 is 1.90 bits per heavy atom. The van der Waals surface area contributed by atoms with E-state index < -0.39 is 7.12 Å². The van der Waals surface area contributed by atoms with Crippen molar-refractivity contribution < 1.29 is 14.8 Å². The molecule has 2 aromatic carbocycles. The molecule has 0 saturated carbocycles. The molecule has 0 fully saturated rings. The van der Waals surface area contributed by atoms with Gasteiger partial charge in [0.2, 0.25) is 0 Å². The lowest BCUT2D eigenvalue weighted by molar-refractivity contribution is 0.0951. The molecule has 0 radical (unpaired) electrons. The molecule has 0 saturated heterocycles. The Bertz CT molecular complexity index is 678. The molecule has 0 heterocycles. The van der Waals surface area contributed by atoms with Gasteiger partial charge in [-0.25, -0.2) is 0 Å². The van der Waals surface area contributed by atoms with Gasteiger partial charge in [0, 0.05) is 12.1 Å². The quantitative estimate of drug-likeness (QED) is 0.696. The normalized spacial score (nSPS) is 9.76. The minimum Gasteiger partial charge on any atom is -0.423 e. The van der Waals surface area contributed by atoms with Gasteiger partial charge >= 0.3 is 7.12 Å². The van der Waals surface area contributed by atoms with Crippen molar-refractivity contribution in [2.45, 2.75) is 6.54 Å². The zero-order valence-electron chi connectivity index (χ0n) is 11.2. The van der Waals surface area contributed by atoms with Crippen molar-refractivity contribution in [3.63, 3.8) is 0 Å². The summed E-state index contributed by atoms with van der Waals surface area (Å²) in [7, 11) is -1.50. The molecule has 1 amide bonds. The molecule has 0 unspecified atom stereocenters. The minimum absolute atomic E-state index is 0.265. The van der Waals surface area contributed by atoms with Gasteiger partial charge in [0.05, 0.1) is 11.6 Å². The first-order valence-electron chi connectivity index (χ1n) is 6.33.